The summed E-state index contributed by atoms with van der Waals surface area (Å²) in [5.74, 6) is 1.74. The largest absolute Gasteiger partial charge is 0.373 e. The molecule has 1 aromatic carbocycles. The first kappa shape index (κ1) is 22.6. The van der Waals surface area contributed by atoms with Crippen LogP contribution in [0.2, 0.25) is 0 Å². The normalized spacial score (nSPS) is 28.2. The lowest BCUT2D eigenvalue weighted by molar-refractivity contribution is -0.0502. The lowest BCUT2D eigenvalue weighted by Gasteiger charge is -2.36. The van der Waals surface area contributed by atoms with Gasteiger partial charge in [0, 0.05) is 51.9 Å². The SMILES string of the molecule is CCNC(=NCC1CCCN(C(C)C)C1)N1CC2OCCN(Cc3ccccc3)C2C1. The topological polar surface area (TPSA) is 43.3 Å². The maximum atomic E-state index is 6.19. The molecule has 0 amide bonds. The van der Waals surface area contributed by atoms with Crippen molar-refractivity contribution in [3.05, 3.63) is 35.9 Å². The molecule has 3 aliphatic rings. The fourth-order valence-corrected chi connectivity index (χ4v) is 5.30. The van der Waals surface area contributed by atoms with Gasteiger partial charge in [-0.15, -0.1) is 0 Å². The number of piperidine rings is 1. The highest BCUT2D eigenvalue weighted by atomic mass is 16.5. The van der Waals surface area contributed by atoms with Crippen LogP contribution in [0.4, 0.5) is 0 Å². The minimum absolute atomic E-state index is 0.271. The second kappa shape index (κ2) is 10.8. The average Bonchev–Trinajstić information content (AvgIpc) is 3.23. The predicted molar refractivity (Wildman–Crippen MR) is 127 cm³/mol. The Bertz CT molecular complexity index is 709. The Hall–Kier alpha value is -1.63. The number of nitrogens with zero attached hydrogens (tertiary/aromatic N) is 4. The highest BCUT2D eigenvalue weighted by Crippen LogP contribution is 2.25. The molecule has 3 aliphatic heterocycles. The second-order valence-electron chi connectivity index (χ2n) is 9.63. The van der Waals surface area contributed by atoms with E-state index in [4.69, 9.17) is 9.73 Å². The molecule has 1 aromatic rings. The van der Waals surface area contributed by atoms with Crippen LogP contribution in [0.3, 0.4) is 0 Å². The highest BCUT2D eigenvalue weighted by molar-refractivity contribution is 5.80. The number of likely N-dealkylation sites (tertiary alicyclic amines) is 2. The molecular formula is C25H41N5O. The van der Waals surface area contributed by atoms with Crippen LogP contribution < -0.4 is 5.32 Å². The summed E-state index contributed by atoms with van der Waals surface area (Å²) in [6, 6.07) is 11.9. The zero-order chi connectivity index (χ0) is 21.6. The maximum Gasteiger partial charge on any atom is 0.194 e. The van der Waals surface area contributed by atoms with Crippen LogP contribution in [0, 0.1) is 5.92 Å². The van der Waals surface area contributed by atoms with E-state index in [1.54, 1.807) is 0 Å². The summed E-state index contributed by atoms with van der Waals surface area (Å²) in [6.45, 7) is 15.8. The summed E-state index contributed by atoms with van der Waals surface area (Å²) in [7, 11) is 0. The molecule has 0 radical (unpaired) electrons. The molecule has 6 nitrogen and oxygen atoms in total. The maximum absolute atomic E-state index is 6.19. The number of aliphatic imine (C=N–C) groups is 1. The third kappa shape index (κ3) is 5.79. The third-order valence-electron chi connectivity index (χ3n) is 7.06. The summed E-state index contributed by atoms with van der Waals surface area (Å²) in [4.78, 5) is 12.8. The van der Waals surface area contributed by atoms with E-state index in [0.29, 0.717) is 18.0 Å². The first-order chi connectivity index (χ1) is 15.1. The lowest BCUT2D eigenvalue weighted by Crippen LogP contribution is -2.50. The zero-order valence-corrected chi connectivity index (χ0v) is 19.7. The Balaban J connectivity index is 1.39. The molecule has 4 rings (SSSR count). The first-order valence-corrected chi connectivity index (χ1v) is 12.3. The first-order valence-electron chi connectivity index (χ1n) is 12.3. The molecule has 3 saturated heterocycles. The van der Waals surface area contributed by atoms with Crippen LogP contribution in [0.1, 0.15) is 39.2 Å². The van der Waals surface area contributed by atoms with Gasteiger partial charge in [0.1, 0.15) is 0 Å². The molecule has 6 heteroatoms. The minimum atomic E-state index is 0.271. The van der Waals surface area contributed by atoms with Gasteiger partial charge in [0.15, 0.2) is 5.96 Å². The number of nitrogens with one attached hydrogen (secondary N) is 1. The molecule has 1 N–H and O–H groups in total. The molecule has 3 unspecified atom stereocenters. The van der Waals surface area contributed by atoms with Gasteiger partial charge in [-0.1, -0.05) is 30.3 Å². The Labute approximate surface area is 188 Å². The van der Waals surface area contributed by atoms with Crippen molar-refractivity contribution in [1.82, 2.24) is 20.0 Å². The Morgan fingerprint density at radius 1 is 1.16 bits per heavy atom. The van der Waals surface area contributed by atoms with E-state index in [1.165, 1.54) is 31.5 Å². The van der Waals surface area contributed by atoms with Crippen molar-refractivity contribution in [2.24, 2.45) is 10.9 Å². The van der Waals surface area contributed by atoms with Gasteiger partial charge < -0.3 is 19.9 Å². The fraction of sp³-hybridized carbons (Fsp3) is 0.720. The van der Waals surface area contributed by atoms with Crippen molar-refractivity contribution in [2.75, 3.05) is 52.4 Å². The van der Waals surface area contributed by atoms with Crippen molar-refractivity contribution < 1.29 is 4.74 Å². The van der Waals surface area contributed by atoms with Gasteiger partial charge in [-0.05, 0) is 51.6 Å². The molecule has 0 bridgehead atoms. The summed E-state index contributed by atoms with van der Waals surface area (Å²) in [5, 5.41) is 3.56. The standard InChI is InChI=1S/C25H41N5O/c1-4-26-25(27-15-22-11-8-12-28(17-22)20(2)3)30-18-23-24(19-30)31-14-13-29(23)16-21-9-6-5-7-10-21/h5-7,9-10,20,22-24H,4,8,11-19H2,1-3H3,(H,26,27). The number of guanidine groups is 1. The van der Waals surface area contributed by atoms with Crippen LogP contribution in [0.5, 0.6) is 0 Å². The van der Waals surface area contributed by atoms with Crippen LogP contribution in [0.15, 0.2) is 35.3 Å². The van der Waals surface area contributed by atoms with E-state index in [2.05, 4.69) is 71.1 Å². The van der Waals surface area contributed by atoms with Gasteiger partial charge in [0.25, 0.3) is 0 Å². The van der Waals surface area contributed by atoms with Crippen molar-refractivity contribution in [3.63, 3.8) is 0 Å². The fourth-order valence-electron chi connectivity index (χ4n) is 5.30. The average molecular weight is 428 g/mol. The van der Waals surface area contributed by atoms with E-state index in [9.17, 15) is 0 Å². The van der Waals surface area contributed by atoms with Gasteiger partial charge in [0.2, 0.25) is 0 Å². The Kier molecular flexibility index (Phi) is 7.86. The van der Waals surface area contributed by atoms with Crippen LogP contribution >= 0.6 is 0 Å². The highest BCUT2D eigenvalue weighted by Gasteiger charge is 2.41. The molecule has 0 aliphatic carbocycles. The zero-order valence-electron chi connectivity index (χ0n) is 19.7. The van der Waals surface area contributed by atoms with Gasteiger partial charge in [-0.3, -0.25) is 9.89 Å². The Morgan fingerprint density at radius 2 is 2.00 bits per heavy atom. The summed E-state index contributed by atoms with van der Waals surface area (Å²) in [6.07, 6.45) is 2.86. The van der Waals surface area contributed by atoms with Gasteiger partial charge in [-0.25, -0.2) is 0 Å². The van der Waals surface area contributed by atoms with Gasteiger partial charge >= 0.3 is 0 Å². The number of rotatable bonds is 6. The third-order valence-corrected chi connectivity index (χ3v) is 7.06. The number of hydrogen-bond donors (Lipinski definition) is 1. The number of morpholine rings is 1. The van der Waals surface area contributed by atoms with E-state index < -0.39 is 0 Å². The minimum Gasteiger partial charge on any atom is -0.373 e. The smallest absolute Gasteiger partial charge is 0.194 e. The molecular weight excluding hydrogens is 386 g/mol. The van der Waals surface area contributed by atoms with E-state index >= 15 is 0 Å². The molecule has 172 valence electrons. The molecule has 3 atom stereocenters. The molecule has 31 heavy (non-hydrogen) atoms. The van der Waals surface area contributed by atoms with E-state index in [0.717, 1.165) is 51.8 Å². The Morgan fingerprint density at radius 3 is 2.77 bits per heavy atom. The molecule has 0 spiro atoms. The van der Waals surface area contributed by atoms with Crippen molar-refractivity contribution in [2.45, 2.75) is 58.3 Å². The van der Waals surface area contributed by atoms with Crippen molar-refractivity contribution in [3.8, 4) is 0 Å². The lowest BCUT2D eigenvalue weighted by atomic mass is 9.97. The van der Waals surface area contributed by atoms with Crippen LogP contribution in [0.25, 0.3) is 0 Å². The second-order valence-corrected chi connectivity index (χ2v) is 9.63. The van der Waals surface area contributed by atoms with Crippen LogP contribution in [-0.4, -0.2) is 91.3 Å². The number of fused-ring (bicyclic) bond motifs is 1. The molecule has 3 heterocycles. The van der Waals surface area contributed by atoms with Crippen molar-refractivity contribution >= 4 is 5.96 Å². The summed E-state index contributed by atoms with van der Waals surface area (Å²) < 4.78 is 6.19. The van der Waals surface area contributed by atoms with E-state index in [1.807, 2.05) is 0 Å². The summed E-state index contributed by atoms with van der Waals surface area (Å²) >= 11 is 0. The van der Waals surface area contributed by atoms with Crippen molar-refractivity contribution in [1.29, 1.82) is 0 Å². The van der Waals surface area contributed by atoms with Crippen LogP contribution in [-0.2, 0) is 11.3 Å². The van der Waals surface area contributed by atoms with E-state index in [-0.39, 0.29) is 6.10 Å². The quantitative estimate of drug-likeness (QED) is 0.559. The van der Waals surface area contributed by atoms with Gasteiger partial charge in [-0.2, -0.15) is 0 Å². The molecule has 0 saturated carbocycles. The monoisotopic (exact) mass is 427 g/mol. The number of hydrogen-bond acceptors (Lipinski definition) is 4. The predicted octanol–water partition coefficient (Wildman–Crippen LogP) is 2.66. The molecule has 0 aromatic heterocycles. The number of benzene rings is 1. The number of ether oxygens (including phenoxy) is 1. The summed E-state index contributed by atoms with van der Waals surface area (Å²) in [5.41, 5.74) is 1.38. The molecule has 3 fully saturated rings. The van der Waals surface area contributed by atoms with Gasteiger partial charge in [0.05, 0.1) is 18.8 Å².